The highest BCUT2D eigenvalue weighted by atomic mass is 32.1. The summed E-state index contributed by atoms with van der Waals surface area (Å²) in [5, 5.41) is 4.89. The third-order valence-corrected chi connectivity index (χ3v) is 5.62. The van der Waals surface area contributed by atoms with Gasteiger partial charge in [0.1, 0.15) is 0 Å². The lowest BCUT2D eigenvalue weighted by Gasteiger charge is -2.28. The van der Waals surface area contributed by atoms with Gasteiger partial charge < -0.3 is 10.2 Å². The lowest BCUT2D eigenvalue weighted by atomic mass is 9.84. The van der Waals surface area contributed by atoms with Crippen LogP contribution in [0.15, 0.2) is 6.20 Å². The van der Waals surface area contributed by atoms with Crippen LogP contribution in [-0.2, 0) is 6.54 Å². The van der Waals surface area contributed by atoms with Crippen molar-refractivity contribution in [2.45, 2.75) is 65.5 Å². The van der Waals surface area contributed by atoms with Gasteiger partial charge in [-0.3, -0.25) is 0 Å². The maximum absolute atomic E-state index is 4.55. The molecule has 1 N–H and O–H groups in total. The highest BCUT2D eigenvalue weighted by Gasteiger charge is 2.19. The summed E-state index contributed by atoms with van der Waals surface area (Å²) in [5.41, 5.74) is 0. The molecular weight excluding hydrogens is 266 g/mol. The summed E-state index contributed by atoms with van der Waals surface area (Å²) in [6.45, 7) is 9.77. The molecule has 114 valence electrons. The van der Waals surface area contributed by atoms with Crippen molar-refractivity contribution in [3.63, 3.8) is 0 Å². The summed E-state index contributed by atoms with van der Waals surface area (Å²) >= 11 is 1.84. The van der Waals surface area contributed by atoms with Gasteiger partial charge in [0.15, 0.2) is 5.13 Å². The summed E-state index contributed by atoms with van der Waals surface area (Å²) in [5.74, 6) is 0.978. The second kappa shape index (κ2) is 7.99. The van der Waals surface area contributed by atoms with Crippen molar-refractivity contribution >= 4 is 16.5 Å². The van der Waals surface area contributed by atoms with Crippen LogP contribution in [0.1, 0.15) is 57.8 Å². The number of nitrogens with zero attached hydrogens (tertiary/aromatic N) is 2. The van der Waals surface area contributed by atoms with Crippen LogP contribution in [0.4, 0.5) is 5.13 Å². The second-order valence-corrected chi connectivity index (χ2v) is 6.88. The molecule has 1 fully saturated rings. The predicted molar refractivity (Wildman–Crippen MR) is 88.6 cm³/mol. The van der Waals surface area contributed by atoms with Crippen LogP contribution < -0.4 is 10.2 Å². The minimum atomic E-state index is 0.719. The first-order valence-electron chi connectivity index (χ1n) is 8.19. The molecular formula is C16H29N3S. The molecule has 0 unspecified atom stereocenters. The Kier molecular flexibility index (Phi) is 6.30. The van der Waals surface area contributed by atoms with Crippen molar-refractivity contribution in [1.82, 2.24) is 10.3 Å². The lowest BCUT2D eigenvalue weighted by molar-refractivity contribution is 0.285. The number of rotatable bonds is 7. The highest BCUT2D eigenvalue weighted by Crippen LogP contribution is 2.27. The van der Waals surface area contributed by atoms with Crippen molar-refractivity contribution in [2.75, 3.05) is 18.0 Å². The Hall–Kier alpha value is -0.610. The van der Waals surface area contributed by atoms with E-state index >= 15 is 0 Å². The zero-order valence-electron chi connectivity index (χ0n) is 13.2. The van der Waals surface area contributed by atoms with Crippen LogP contribution in [0.5, 0.6) is 0 Å². The van der Waals surface area contributed by atoms with Crippen molar-refractivity contribution in [3.05, 3.63) is 11.1 Å². The first kappa shape index (κ1) is 15.8. The highest BCUT2D eigenvalue weighted by molar-refractivity contribution is 7.15. The molecule has 0 spiro atoms. The van der Waals surface area contributed by atoms with Crippen LogP contribution in [0.25, 0.3) is 0 Å². The summed E-state index contributed by atoms with van der Waals surface area (Å²) in [7, 11) is 0. The Morgan fingerprint density at radius 1 is 1.20 bits per heavy atom. The molecule has 20 heavy (non-hydrogen) atoms. The Bertz CT molecular complexity index is 379. The number of anilines is 1. The Labute approximate surface area is 127 Å². The fourth-order valence-electron chi connectivity index (χ4n) is 3.04. The van der Waals surface area contributed by atoms with Gasteiger partial charge in [-0.15, -0.1) is 11.3 Å². The molecule has 0 aromatic carbocycles. The van der Waals surface area contributed by atoms with Gasteiger partial charge in [-0.05, 0) is 45.4 Å². The average molecular weight is 295 g/mol. The molecule has 1 heterocycles. The quantitative estimate of drug-likeness (QED) is 0.822. The summed E-state index contributed by atoms with van der Waals surface area (Å²) < 4.78 is 0. The first-order valence-corrected chi connectivity index (χ1v) is 9.01. The zero-order valence-corrected chi connectivity index (χ0v) is 14.0. The molecule has 0 saturated heterocycles. The standard InChI is InChI=1S/C16H29N3S/c1-4-13-7-9-14(10-8-13)17-11-15-12-18-16(20-15)19(5-2)6-3/h12-14,17H,4-11H2,1-3H3. The second-order valence-electron chi connectivity index (χ2n) is 5.79. The van der Waals surface area contributed by atoms with Gasteiger partial charge in [-0.1, -0.05) is 13.3 Å². The maximum atomic E-state index is 4.55. The SMILES string of the molecule is CCC1CCC(NCc2cnc(N(CC)CC)s2)CC1. The van der Waals surface area contributed by atoms with E-state index in [1.807, 2.05) is 17.5 Å². The number of nitrogens with one attached hydrogen (secondary N) is 1. The maximum Gasteiger partial charge on any atom is 0.185 e. The van der Waals surface area contributed by atoms with E-state index in [1.54, 1.807) is 0 Å². The zero-order chi connectivity index (χ0) is 14.4. The van der Waals surface area contributed by atoms with E-state index in [1.165, 1.54) is 42.1 Å². The topological polar surface area (TPSA) is 28.2 Å². The average Bonchev–Trinajstić information content (AvgIpc) is 2.96. The summed E-state index contributed by atoms with van der Waals surface area (Å²) in [4.78, 5) is 8.24. The molecule has 1 aromatic rings. The molecule has 0 atom stereocenters. The number of hydrogen-bond acceptors (Lipinski definition) is 4. The molecule has 1 aliphatic carbocycles. The van der Waals surface area contributed by atoms with E-state index in [2.05, 4.69) is 36.0 Å². The molecule has 1 aliphatic rings. The first-order chi connectivity index (χ1) is 9.76. The monoisotopic (exact) mass is 295 g/mol. The van der Waals surface area contributed by atoms with Crippen LogP contribution in [0, 0.1) is 5.92 Å². The molecule has 3 nitrogen and oxygen atoms in total. The van der Waals surface area contributed by atoms with Gasteiger partial charge in [0.25, 0.3) is 0 Å². The van der Waals surface area contributed by atoms with E-state index in [0.29, 0.717) is 0 Å². The van der Waals surface area contributed by atoms with E-state index < -0.39 is 0 Å². The number of aromatic nitrogens is 1. The third-order valence-electron chi connectivity index (χ3n) is 4.56. The third kappa shape index (κ3) is 4.19. The molecule has 2 rings (SSSR count). The number of hydrogen-bond donors (Lipinski definition) is 1. The Balaban J connectivity index is 1.77. The van der Waals surface area contributed by atoms with Crippen molar-refractivity contribution in [3.8, 4) is 0 Å². The van der Waals surface area contributed by atoms with Gasteiger partial charge >= 0.3 is 0 Å². The van der Waals surface area contributed by atoms with Gasteiger partial charge in [-0.25, -0.2) is 4.98 Å². The fraction of sp³-hybridized carbons (Fsp3) is 0.812. The number of thiazole rings is 1. The van der Waals surface area contributed by atoms with Crippen molar-refractivity contribution < 1.29 is 0 Å². The van der Waals surface area contributed by atoms with Crippen LogP contribution in [-0.4, -0.2) is 24.1 Å². The van der Waals surface area contributed by atoms with E-state index in [0.717, 1.165) is 31.6 Å². The van der Waals surface area contributed by atoms with Crippen LogP contribution >= 0.6 is 11.3 Å². The Morgan fingerprint density at radius 3 is 2.50 bits per heavy atom. The minimum Gasteiger partial charge on any atom is -0.349 e. The molecule has 4 heteroatoms. The van der Waals surface area contributed by atoms with Gasteiger partial charge in [0, 0.05) is 36.8 Å². The molecule has 1 aromatic heterocycles. The largest absolute Gasteiger partial charge is 0.349 e. The van der Waals surface area contributed by atoms with Crippen LogP contribution in [0.3, 0.4) is 0 Å². The lowest BCUT2D eigenvalue weighted by Crippen LogP contribution is -2.32. The predicted octanol–water partition coefficient (Wildman–Crippen LogP) is 4.05. The summed E-state index contributed by atoms with van der Waals surface area (Å²) in [6.07, 6.45) is 8.90. The van der Waals surface area contributed by atoms with E-state index in [9.17, 15) is 0 Å². The summed E-state index contributed by atoms with van der Waals surface area (Å²) in [6, 6.07) is 0.719. The minimum absolute atomic E-state index is 0.719. The molecule has 0 aliphatic heterocycles. The smallest absolute Gasteiger partial charge is 0.185 e. The van der Waals surface area contributed by atoms with E-state index in [4.69, 9.17) is 0 Å². The van der Waals surface area contributed by atoms with E-state index in [-0.39, 0.29) is 0 Å². The van der Waals surface area contributed by atoms with Crippen molar-refractivity contribution in [1.29, 1.82) is 0 Å². The van der Waals surface area contributed by atoms with Gasteiger partial charge in [-0.2, -0.15) is 0 Å². The molecule has 0 bridgehead atoms. The van der Waals surface area contributed by atoms with Crippen molar-refractivity contribution in [2.24, 2.45) is 5.92 Å². The van der Waals surface area contributed by atoms with Crippen LogP contribution in [0.2, 0.25) is 0 Å². The fourth-order valence-corrected chi connectivity index (χ4v) is 4.03. The molecule has 1 saturated carbocycles. The van der Waals surface area contributed by atoms with Gasteiger partial charge in [0.05, 0.1) is 0 Å². The normalized spacial score (nSPS) is 22.9. The van der Waals surface area contributed by atoms with Gasteiger partial charge in [0.2, 0.25) is 0 Å². The Morgan fingerprint density at radius 2 is 1.90 bits per heavy atom. The molecule has 0 radical (unpaired) electrons. The molecule has 0 amide bonds.